The summed E-state index contributed by atoms with van der Waals surface area (Å²) in [5.41, 5.74) is 1.26. The van der Waals surface area contributed by atoms with Crippen LogP contribution in [0, 0.1) is 5.92 Å². The number of ketones is 1. The van der Waals surface area contributed by atoms with Crippen LogP contribution in [-0.2, 0) is 11.3 Å². The number of hydrogen-bond acceptors (Lipinski definition) is 2. The van der Waals surface area contributed by atoms with E-state index in [1.807, 2.05) is 12.3 Å². The molecule has 0 aliphatic heterocycles. The third kappa shape index (κ3) is 3.20. The summed E-state index contributed by atoms with van der Waals surface area (Å²) in [4.78, 5) is 16.7. The maximum Gasteiger partial charge on any atom is 0.132 e. The fourth-order valence-electron chi connectivity index (χ4n) is 2.44. The zero-order valence-electron chi connectivity index (χ0n) is 9.91. The minimum atomic E-state index is 0.447. The van der Waals surface area contributed by atoms with E-state index in [2.05, 4.69) is 23.0 Å². The summed E-state index contributed by atoms with van der Waals surface area (Å²) in [6.45, 7) is 2.07. The van der Waals surface area contributed by atoms with E-state index in [0.717, 1.165) is 38.8 Å². The lowest BCUT2D eigenvalue weighted by molar-refractivity contribution is -0.121. The van der Waals surface area contributed by atoms with Crippen molar-refractivity contribution in [1.29, 1.82) is 0 Å². The first-order valence-corrected chi connectivity index (χ1v) is 6.06. The maximum atomic E-state index is 11.1. The van der Waals surface area contributed by atoms with E-state index in [1.54, 1.807) is 0 Å². The third-order valence-electron chi connectivity index (χ3n) is 3.34. The minimum Gasteiger partial charge on any atom is -0.364 e. The van der Waals surface area contributed by atoms with Crippen LogP contribution in [0.5, 0.6) is 0 Å². The molecule has 88 valence electrons. The summed E-state index contributed by atoms with van der Waals surface area (Å²) in [5.74, 6) is 1.15. The van der Waals surface area contributed by atoms with E-state index in [-0.39, 0.29) is 0 Å². The van der Waals surface area contributed by atoms with Crippen molar-refractivity contribution in [2.24, 2.45) is 5.92 Å². The van der Waals surface area contributed by atoms with Crippen LogP contribution >= 0.6 is 0 Å². The molecule has 1 N–H and O–H groups in total. The summed E-state index contributed by atoms with van der Waals surface area (Å²) >= 11 is 0. The molecule has 0 bridgehead atoms. The highest BCUT2D eigenvalue weighted by atomic mass is 16.1. The molecule has 1 fully saturated rings. The van der Waals surface area contributed by atoms with Crippen LogP contribution < -0.4 is 0 Å². The van der Waals surface area contributed by atoms with Crippen molar-refractivity contribution in [3.8, 4) is 0 Å². The smallest absolute Gasteiger partial charge is 0.132 e. The Bertz CT molecular complexity index is 322. The van der Waals surface area contributed by atoms with Crippen LogP contribution in [0.4, 0.5) is 0 Å². The van der Waals surface area contributed by atoms with Crippen molar-refractivity contribution in [2.45, 2.75) is 32.2 Å². The summed E-state index contributed by atoms with van der Waals surface area (Å²) in [5, 5.41) is 0. The highest BCUT2D eigenvalue weighted by Crippen LogP contribution is 2.22. The first-order valence-electron chi connectivity index (χ1n) is 6.06. The van der Waals surface area contributed by atoms with Gasteiger partial charge in [0.05, 0.1) is 0 Å². The number of nitrogens with zero attached hydrogens (tertiary/aromatic N) is 1. The van der Waals surface area contributed by atoms with Crippen molar-refractivity contribution in [3.05, 3.63) is 24.0 Å². The van der Waals surface area contributed by atoms with Gasteiger partial charge >= 0.3 is 0 Å². The third-order valence-corrected chi connectivity index (χ3v) is 3.34. The fourth-order valence-corrected chi connectivity index (χ4v) is 2.44. The molecule has 0 spiro atoms. The molecule has 1 aromatic heterocycles. The Morgan fingerprint density at radius 1 is 1.44 bits per heavy atom. The average Bonchev–Trinajstić information content (AvgIpc) is 2.74. The highest BCUT2D eigenvalue weighted by molar-refractivity contribution is 5.79. The van der Waals surface area contributed by atoms with Crippen molar-refractivity contribution in [3.63, 3.8) is 0 Å². The molecular weight excluding hydrogens is 200 g/mol. The zero-order valence-corrected chi connectivity index (χ0v) is 9.91. The van der Waals surface area contributed by atoms with Gasteiger partial charge in [0.1, 0.15) is 5.78 Å². The second kappa shape index (κ2) is 5.30. The number of nitrogens with one attached hydrogen (secondary N) is 1. The van der Waals surface area contributed by atoms with Gasteiger partial charge in [-0.3, -0.25) is 4.79 Å². The Balaban J connectivity index is 1.74. The van der Waals surface area contributed by atoms with Crippen LogP contribution in [0.3, 0.4) is 0 Å². The molecule has 2 rings (SSSR count). The Labute approximate surface area is 96.8 Å². The normalized spacial score (nSPS) is 18.2. The number of carbonyl (C=O) groups is 1. The van der Waals surface area contributed by atoms with Gasteiger partial charge in [0, 0.05) is 37.8 Å². The first kappa shape index (κ1) is 11.4. The van der Waals surface area contributed by atoms with Crippen LogP contribution in [0.2, 0.25) is 0 Å². The van der Waals surface area contributed by atoms with Gasteiger partial charge in [-0.2, -0.15) is 0 Å². The number of hydrogen-bond donors (Lipinski definition) is 1. The van der Waals surface area contributed by atoms with E-state index in [4.69, 9.17) is 0 Å². The van der Waals surface area contributed by atoms with Gasteiger partial charge in [-0.05, 0) is 37.9 Å². The van der Waals surface area contributed by atoms with E-state index < -0.39 is 0 Å². The molecule has 0 atom stereocenters. The Morgan fingerprint density at radius 2 is 2.19 bits per heavy atom. The molecule has 3 nitrogen and oxygen atoms in total. The molecule has 1 heterocycles. The number of aromatic amines is 1. The molecule has 1 aliphatic rings. The first-order chi connectivity index (χ1) is 7.74. The highest BCUT2D eigenvalue weighted by Gasteiger charge is 2.19. The van der Waals surface area contributed by atoms with E-state index in [1.165, 1.54) is 5.69 Å². The second-order valence-corrected chi connectivity index (χ2v) is 4.87. The molecule has 0 radical (unpaired) electrons. The molecule has 0 amide bonds. The van der Waals surface area contributed by atoms with E-state index >= 15 is 0 Å². The summed E-state index contributed by atoms with van der Waals surface area (Å²) < 4.78 is 0. The summed E-state index contributed by atoms with van der Waals surface area (Å²) in [7, 11) is 2.15. The van der Waals surface area contributed by atoms with Gasteiger partial charge in [0.15, 0.2) is 0 Å². The maximum absolute atomic E-state index is 11.1. The molecule has 1 aromatic rings. The zero-order chi connectivity index (χ0) is 11.4. The van der Waals surface area contributed by atoms with Crippen LogP contribution in [-0.4, -0.2) is 29.3 Å². The summed E-state index contributed by atoms with van der Waals surface area (Å²) in [6.07, 6.45) is 5.70. The van der Waals surface area contributed by atoms with Crippen LogP contribution in [0.15, 0.2) is 18.3 Å². The monoisotopic (exact) mass is 220 g/mol. The predicted molar refractivity (Wildman–Crippen MR) is 64.1 cm³/mol. The molecule has 3 heteroatoms. The molecule has 0 unspecified atom stereocenters. The molecule has 0 aromatic carbocycles. The minimum absolute atomic E-state index is 0.447. The largest absolute Gasteiger partial charge is 0.364 e. The lowest BCUT2D eigenvalue weighted by Crippen LogP contribution is -2.28. The van der Waals surface area contributed by atoms with Gasteiger partial charge in [0.2, 0.25) is 0 Å². The number of aromatic nitrogens is 1. The standard InChI is InChI=1S/C13H20N2O/c1-15(10-12-3-2-8-14-12)9-11-4-6-13(16)7-5-11/h2-3,8,11,14H,4-7,9-10H2,1H3. The number of Topliss-reactive ketones (excluding diaryl/α,β-unsaturated/α-hetero) is 1. The molecular formula is C13H20N2O. The van der Waals surface area contributed by atoms with Gasteiger partial charge in [-0.25, -0.2) is 0 Å². The van der Waals surface area contributed by atoms with Crippen molar-refractivity contribution < 1.29 is 4.79 Å². The van der Waals surface area contributed by atoms with Crippen molar-refractivity contribution >= 4 is 5.78 Å². The molecule has 0 saturated heterocycles. The average molecular weight is 220 g/mol. The van der Waals surface area contributed by atoms with Crippen LogP contribution in [0.1, 0.15) is 31.4 Å². The number of rotatable bonds is 4. The quantitative estimate of drug-likeness (QED) is 0.844. The Morgan fingerprint density at radius 3 is 2.81 bits per heavy atom. The lowest BCUT2D eigenvalue weighted by Gasteiger charge is -2.26. The summed E-state index contributed by atoms with van der Waals surface area (Å²) in [6, 6.07) is 4.14. The van der Waals surface area contributed by atoms with Gasteiger partial charge in [0.25, 0.3) is 0 Å². The van der Waals surface area contributed by atoms with Crippen molar-refractivity contribution in [2.75, 3.05) is 13.6 Å². The lowest BCUT2D eigenvalue weighted by atomic mass is 9.88. The Hall–Kier alpha value is -1.09. The van der Waals surface area contributed by atoms with Gasteiger partial charge in [-0.1, -0.05) is 0 Å². The van der Waals surface area contributed by atoms with Crippen LogP contribution in [0.25, 0.3) is 0 Å². The SMILES string of the molecule is CN(Cc1ccc[nH]1)CC1CCC(=O)CC1. The predicted octanol–water partition coefficient (Wildman–Crippen LogP) is 2.21. The molecule has 1 aliphatic carbocycles. The van der Waals surface area contributed by atoms with Crippen molar-refractivity contribution in [1.82, 2.24) is 9.88 Å². The fraction of sp³-hybridized carbons (Fsp3) is 0.615. The van der Waals surface area contributed by atoms with E-state index in [0.29, 0.717) is 11.7 Å². The number of carbonyl (C=O) groups excluding carboxylic acids is 1. The van der Waals surface area contributed by atoms with Gasteiger partial charge < -0.3 is 9.88 Å². The molecule has 16 heavy (non-hydrogen) atoms. The van der Waals surface area contributed by atoms with E-state index in [9.17, 15) is 4.79 Å². The number of H-pyrrole nitrogens is 1. The van der Waals surface area contributed by atoms with Gasteiger partial charge in [-0.15, -0.1) is 0 Å². The second-order valence-electron chi connectivity index (χ2n) is 4.87. The topological polar surface area (TPSA) is 36.1 Å². The Kier molecular flexibility index (Phi) is 3.78. The molecule has 1 saturated carbocycles.